The van der Waals surface area contributed by atoms with Gasteiger partial charge in [0.2, 0.25) is 0 Å². The van der Waals surface area contributed by atoms with Crippen molar-refractivity contribution in [1.29, 1.82) is 0 Å². The van der Waals surface area contributed by atoms with E-state index in [2.05, 4.69) is 13.8 Å². The van der Waals surface area contributed by atoms with Crippen molar-refractivity contribution in [1.82, 2.24) is 0 Å². The van der Waals surface area contributed by atoms with Crippen molar-refractivity contribution in [2.24, 2.45) is 0 Å². The van der Waals surface area contributed by atoms with Crippen LogP contribution in [0, 0.1) is 0 Å². The Morgan fingerprint density at radius 2 is 0.359 bits per heavy atom. The molecular weight excluding hydrogens is 584 g/mol. The zero-order valence-electron chi connectivity index (χ0n) is 27.9. The molecule has 0 saturated carbocycles. The van der Waals surface area contributed by atoms with Crippen LogP contribution in [0.2, 0.25) is 8.94 Å². The van der Waals surface area contributed by atoms with E-state index < -0.39 is 0 Å². The van der Waals surface area contributed by atoms with E-state index in [9.17, 15) is 0 Å². The Morgan fingerprint density at radius 3 is 0.538 bits per heavy atom. The molecule has 236 valence electrons. The van der Waals surface area contributed by atoms with Crippen LogP contribution in [-0.4, -0.2) is 20.9 Å². The molecule has 0 aromatic heterocycles. The summed E-state index contributed by atoms with van der Waals surface area (Å²) in [6.07, 6.45) is 50.7. The predicted octanol–water partition coefficient (Wildman–Crippen LogP) is 14.8. The normalized spacial score (nSPS) is 11.5. The molecule has 39 heavy (non-hydrogen) atoms. The Morgan fingerprint density at radius 1 is 0.205 bits per heavy atom. The van der Waals surface area contributed by atoms with Crippen molar-refractivity contribution in [3.63, 3.8) is 0 Å². The molecule has 0 heterocycles. The van der Waals surface area contributed by atoms with Crippen molar-refractivity contribution in [3.8, 4) is 0 Å². The van der Waals surface area contributed by atoms with E-state index >= 15 is 0 Å². The van der Waals surface area contributed by atoms with Crippen LogP contribution in [0.3, 0.4) is 0 Å². The first kappa shape index (κ1) is 39.8. The molecule has 1 heteroatoms. The minimum Gasteiger partial charge on any atom is -0.0654 e. The van der Waals surface area contributed by atoms with E-state index in [-0.39, 0.29) is 0 Å². The third kappa shape index (κ3) is 38.8. The minimum atomic E-state index is 0.357. The maximum absolute atomic E-state index is 2.31. The van der Waals surface area contributed by atoms with Crippen molar-refractivity contribution in [2.45, 2.75) is 241 Å². The number of unbranched alkanes of at least 4 members (excludes halogenated alkanes) is 32. The summed E-state index contributed by atoms with van der Waals surface area (Å²) >= 11 is 0.357. The first-order valence-electron chi connectivity index (χ1n) is 19.0. The first-order valence-corrected chi connectivity index (χ1v) is 22.3. The summed E-state index contributed by atoms with van der Waals surface area (Å²) in [5, 5.41) is 0. The van der Waals surface area contributed by atoms with Crippen LogP contribution >= 0.6 is 0 Å². The van der Waals surface area contributed by atoms with Crippen LogP contribution in [0.15, 0.2) is 0 Å². The molecule has 0 aromatic carbocycles. The standard InChI is InChI=1S/C38H78Te/c1-3-5-7-9-11-13-15-17-19-21-23-25-27-29-31-33-35-37-39-38-36-34-32-30-28-26-24-22-20-18-16-14-12-10-8-6-4-2/h3-38H2,1-2H3. The Hall–Kier alpha value is 0.790. The van der Waals surface area contributed by atoms with Crippen LogP contribution in [-0.2, 0) is 0 Å². The van der Waals surface area contributed by atoms with Gasteiger partial charge in [-0.25, -0.2) is 0 Å². The van der Waals surface area contributed by atoms with Gasteiger partial charge in [0.25, 0.3) is 0 Å². The molecule has 0 radical (unpaired) electrons. The third-order valence-corrected chi connectivity index (χ3v) is 12.1. The van der Waals surface area contributed by atoms with Gasteiger partial charge in [-0.1, -0.05) is 90.9 Å². The predicted molar refractivity (Wildman–Crippen MR) is 184 cm³/mol. The van der Waals surface area contributed by atoms with E-state index in [1.165, 1.54) is 205 Å². The fourth-order valence-electron chi connectivity index (χ4n) is 5.96. The molecule has 0 unspecified atom stereocenters. The molecule has 0 nitrogen and oxygen atoms in total. The van der Waals surface area contributed by atoms with Gasteiger partial charge in [0.1, 0.15) is 0 Å². The van der Waals surface area contributed by atoms with Gasteiger partial charge in [0.05, 0.1) is 0 Å². The summed E-state index contributed by atoms with van der Waals surface area (Å²) < 4.78 is 3.25. The van der Waals surface area contributed by atoms with Gasteiger partial charge >= 0.3 is 171 Å². The van der Waals surface area contributed by atoms with E-state index in [1.54, 1.807) is 21.8 Å². The van der Waals surface area contributed by atoms with Crippen LogP contribution in [0.4, 0.5) is 0 Å². The van der Waals surface area contributed by atoms with Crippen LogP contribution < -0.4 is 0 Å². The number of hydrogen-bond acceptors (Lipinski definition) is 0. The average molecular weight is 663 g/mol. The van der Waals surface area contributed by atoms with Crippen LogP contribution in [0.1, 0.15) is 232 Å². The molecule has 0 aliphatic rings. The van der Waals surface area contributed by atoms with Crippen molar-refractivity contribution in [3.05, 3.63) is 0 Å². The van der Waals surface area contributed by atoms with Crippen molar-refractivity contribution in [2.75, 3.05) is 0 Å². The fraction of sp³-hybridized carbons (Fsp3) is 1.00. The van der Waals surface area contributed by atoms with Crippen LogP contribution in [0.5, 0.6) is 0 Å². The van der Waals surface area contributed by atoms with Gasteiger partial charge in [0.15, 0.2) is 0 Å². The van der Waals surface area contributed by atoms with Gasteiger partial charge < -0.3 is 0 Å². The molecule has 0 bridgehead atoms. The second-order valence-corrected chi connectivity index (χ2v) is 16.4. The topological polar surface area (TPSA) is 0 Å². The quantitative estimate of drug-likeness (QED) is 0.0463. The summed E-state index contributed by atoms with van der Waals surface area (Å²) in [5.41, 5.74) is 0. The molecule has 0 spiro atoms. The number of rotatable bonds is 36. The molecule has 0 N–H and O–H groups in total. The second-order valence-electron chi connectivity index (χ2n) is 12.9. The van der Waals surface area contributed by atoms with E-state index in [4.69, 9.17) is 0 Å². The summed E-state index contributed by atoms with van der Waals surface area (Å²) in [6, 6.07) is 0. The molecule has 0 fully saturated rings. The third-order valence-electron chi connectivity index (χ3n) is 8.78. The van der Waals surface area contributed by atoms with E-state index in [1.807, 2.05) is 0 Å². The summed E-state index contributed by atoms with van der Waals surface area (Å²) in [6.45, 7) is 4.62. The molecule has 0 amide bonds. The van der Waals surface area contributed by atoms with Crippen molar-refractivity contribution < 1.29 is 0 Å². The molecular formula is C38H78Te. The van der Waals surface area contributed by atoms with Gasteiger partial charge in [0, 0.05) is 0 Å². The number of hydrogen-bond donors (Lipinski definition) is 0. The Balaban J connectivity index is 3.01. The van der Waals surface area contributed by atoms with E-state index in [0.29, 0.717) is 20.9 Å². The monoisotopic (exact) mass is 665 g/mol. The Kier molecular flexibility index (Phi) is 39.6. The molecule has 0 aliphatic heterocycles. The fourth-order valence-corrected chi connectivity index (χ4v) is 8.87. The zero-order chi connectivity index (χ0) is 28.2. The SMILES string of the molecule is CCCCCCCCCCCCCCCCCCC[Te]CCCCCCCCCCCCCCCCCCC. The molecule has 0 rings (SSSR count). The smallest absolute Gasteiger partial charge is 0.0654 e. The van der Waals surface area contributed by atoms with Crippen LogP contribution in [0.25, 0.3) is 0 Å². The zero-order valence-corrected chi connectivity index (χ0v) is 30.2. The Labute approximate surface area is 260 Å². The van der Waals surface area contributed by atoms with Gasteiger partial charge in [-0.3, -0.25) is 0 Å². The maximum atomic E-state index is 2.31. The first-order chi connectivity index (χ1) is 19.4. The van der Waals surface area contributed by atoms with Crippen molar-refractivity contribution >= 4 is 20.9 Å². The molecule has 0 atom stereocenters. The van der Waals surface area contributed by atoms with Gasteiger partial charge in [-0.15, -0.1) is 0 Å². The van der Waals surface area contributed by atoms with Gasteiger partial charge in [-0.2, -0.15) is 0 Å². The summed E-state index contributed by atoms with van der Waals surface area (Å²) in [7, 11) is 0. The molecule has 0 aromatic rings. The van der Waals surface area contributed by atoms with Gasteiger partial charge in [-0.05, 0) is 0 Å². The van der Waals surface area contributed by atoms with E-state index in [0.717, 1.165) is 0 Å². The molecule has 0 aliphatic carbocycles. The summed E-state index contributed by atoms with van der Waals surface area (Å²) in [4.78, 5) is 0. The second kappa shape index (κ2) is 38.8. The molecule has 0 saturated heterocycles. The summed E-state index contributed by atoms with van der Waals surface area (Å²) in [5.74, 6) is 0. The average Bonchev–Trinajstić information content (AvgIpc) is 2.95. The Bertz CT molecular complexity index is 356. The minimum absolute atomic E-state index is 0.357.